The minimum Gasteiger partial charge on any atom is -0.383 e. The van der Waals surface area contributed by atoms with E-state index < -0.39 is 0 Å². The van der Waals surface area contributed by atoms with Crippen LogP contribution in [0.4, 0.5) is 4.79 Å². The lowest BCUT2D eigenvalue weighted by atomic mass is 10.0. The van der Waals surface area contributed by atoms with Crippen LogP contribution in [0.1, 0.15) is 24.4 Å². The van der Waals surface area contributed by atoms with Crippen molar-refractivity contribution >= 4 is 17.8 Å². The maximum absolute atomic E-state index is 12.7. The Morgan fingerprint density at radius 1 is 1.29 bits per heavy atom. The van der Waals surface area contributed by atoms with E-state index in [0.29, 0.717) is 0 Å². The zero-order valence-corrected chi connectivity index (χ0v) is 15.2. The zero-order valence-electron chi connectivity index (χ0n) is 14.4. The number of rotatable bonds is 4. The van der Waals surface area contributed by atoms with Gasteiger partial charge in [0.25, 0.3) is 0 Å². The van der Waals surface area contributed by atoms with Gasteiger partial charge in [0.2, 0.25) is 0 Å². The van der Waals surface area contributed by atoms with E-state index in [2.05, 4.69) is 34.5 Å². The third-order valence-corrected chi connectivity index (χ3v) is 5.87. The second-order valence-corrected chi connectivity index (χ2v) is 7.49. The van der Waals surface area contributed by atoms with Gasteiger partial charge in [-0.25, -0.2) is 4.79 Å². The molecule has 132 valence electrons. The third-order valence-electron chi connectivity index (χ3n) is 4.74. The first-order valence-corrected chi connectivity index (χ1v) is 9.75. The molecule has 1 aromatic rings. The minimum absolute atomic E-state index is 0.0790. The van der Waals surface area contributed by atoms with Crippen LogP contribution in [0, 0.1) is 0 Å². The molecule has 1 aromatic carbocycles. The molecule has 24 heavy (non-hydrogen) atoms. The molecule has 5 nitrogen and oxygen atoms in total. The quantitative estimate of drug-likeness (QED) is 0.907. The maximum atomic E-state index is 12.7. The topological polar surface area (TPSA) is 44.8 Å². The lowest BCUT2D eigenvalue weighted by molar-refractivity contribution is 0.149. The summed E-state index contributed by atoms with van der Waals surface area (Å²) < 4.78 is 5.16. The molecule has 0 unspecified atom stereocenters. The molecule has 1 atom stereocenters. The second-order valence-electron chi connectivity index (χ2n) is 6.35. The maximum Gasteiger partial charge on any atom is 0.317 e. The molecule has 2 heterocycles. The van der Waals surface area contributed by atoms with Crippen molar-refractivity contribution in [2.45, 2.75) is 23.8 Å². The standard InChI is InChI=1S/C18H27N3O2S/c1-23-13-12-20-8-4-9-21(11-10-20)18(22)19-16-7-14-24-17-6-3-2-5-15(16)17/h2-3,5-6,16H,4,7-14H2,1H3,(H,19,22)/t16-/m1/s1. The fourth-order valence-electron chi connectivity index (χ4n) is 3.35. The van der Waals surface area contributed by atoms with Crippen molar-refractivity contribution in [2.75, 3.05) is 52.2 Å². The van der Waals surface area contributed by atoms with Gasteiger partial charge in [-0.1, -0.05) is 18.2 Å². The number of ether oxygens (including phenoxy) is 1. The Bertz CT molecular complexity index is 555. The summed E-state index contributed by atoms with van der Waals surface area (Å²) >= 11 is 1.88. The number of fused-ring (bicyclic) bond motifs is 1. The highest BCUT2D eigenvalue weighted by molar-refractivity contribution is 7.99. The first kappa shape index (κ1) is 17.6. The van der Waals surface area contributed by atoms with Gasteiger partial charge in [-0.3, -0.25) is 4.90 Å². The molecule has 2 amide bonds. The SMILES string of the molecule is COCCN1CCCN(C(=O)N[C@@H]2CCSc3ccccc32)CC1. The lowest BCUT2D eigenvalue weighted by Gasteiger charge is -2.29. The number of nitrogens with one attached hydrogen (secondary N) is 1. The normalized spacial score (nSPS) is 21.9. The molecule has 1 saturated heterocycles. The summed E-state index contributed by atoms with van der Waals surface area (Å²) in [5, 5.41) is 3.26. The van der Waals surface area contributed by atoms with Crippen molar-refractivity contribution in [1.29, 1.82) is 0 Å². The second kappa shape index (κ2) is 8.74. The Kier molecular flexibility index (Phi) is 6.40. The number of amides is 2. The molecule has 0 saturated carbocycles. The Morgan fingerprint density at radius 2 is 2.17 bits per heavy atom. The average molecular weight is 350 g/mol. The number of nitrogens with zero attached hydrogens (tertiary/aromatic N) is 2. The summed E-state index contributed by atoms with van der Waals surface area (Å²) in [6, 6.07) is 8.64. The predicted molar refractivity (Wildman–Crippen MR) is 97.6 cm³/mol. The van der Waals surface area contributed by atoms with Crippen LogP contribution in [0.25, 0.3) is 0 Å². The van der Waals surface area contributed by atoms with Gasteiger partial charge in [0.05, 0.1) is 12.6 Å². The Hall–Kier alpha value is -1.24. The van der Waals surface area contributed by atoms with E-state index in [4.69, 9.17) is 4.74 Å². The summed E-state index contributed by atoms with van der Waals surface area (Å²) in [6.45, 7) is 5.28. The van der Waals surface area contributed by atoms with Crippen molar-refractivity contribution in [1.82, 2.24) is 15.1 Å². The van der Waals surface area contributed by atoms with Gasteiger partial charge in [-0.2, -0.15) is 0 Å². The smallest absolute Gasteiger partial charge is 0.317 e. The van der Waals surface area contributed by atoms with Gasteiger partial charge >= 0.3 is 6.03 Å². The van der Waals surface area contributed by atoms with E-state index in [1.54, 1.807) is 7.11 Å². The van der Waals surface area contributed by atoms with Gasteiger partial charge in [0.15, 0.2) is 0 Å². The van der Waals surface area contributed by atoms with Crippen LogP contribution in [0.5, 0.6) is 0 Å². The van der Waals surface area contributed by atoms with Crippen LogP contribution < -0.4 is 5.32 Å². The van der Waals surface area contributed by atoms with Gasteiger partial charge in [-0.05, 0) is 31.0 Å². The van der Waals surface area contributed by atoms with Gasteiger partial charge < -0.3 is 15.0 Å². The van der Waals surface area contributed by atoms with Crippen LogP contribution in [0.2, 0.25) is 0 Å². The summed E-state index contributed by atoms with van der Waals surface area (Å²) in [6.07, 6.45) is 2.02. The van der Waals surface area contributed by atoms with Crippen molar-refractivity contribution in [3.63, 3.8) is 0 Å². The molecular formula is C18H27N3O2S. The molecule has 2 aliphatic heterocycles. The predicted octanol–water partition coefficient (Wildman–Crippen LogP) is 2.59. The van der Waals surface area contributed by atoms with Gasteiger partial charge in [0.1, 0.15) is 0 Å². The number of carbonyl (C=O) groups excluding carboxylic acids is 1. The number of urea groups is 1. The fraction of sp³-hybridized carbons (Fsp3) is 0.611. The summed E-state index contributed by atoms with van der Waals surface area (Å²) in [7, 11) is 1.73. The van der Waals surface area contributed by atoms with Crippen molar-refractivity contribution in [3.8, 4) is 0 Å². The molecule has 3 rings (SSSR count). The van der Waals surface area contributed by atoms with Crippen LogP contribution in [-0.2, 0) is 4.74 Å². The van der Waals surface area contributed by atoms with E-state index in [-0.39, 0.29) is 12.1 Å². The van der Waals surface area contributed by atoms with Crippen molar-refractivity contribution < 1.29 is 9.53 Å². The largest absolute Gasteiger partial charge is 0.383 e. The summed E-state index contributed by atoms with van der Waals surface area (Å²) in [5.41, 5.74) is 1.26. The fourth-order valence-corrected chi connectivity index (χ4v) is 4.48. The lowest BCUT2D eigenvalue weighted by Crippen LogP contribution is -2.44. The zero-order chi connectivity index (χ0) is 16.8. The van der Waals surface area contributed by atoms with Crippen molar-refractivity contribution in [3.05, 3.63) is 29.8 Å². The minimum atomic E-state index is 0.0790. The monoisotopic (exact) mass is 349 g/mol. The molecule has 1 N–H and O–H groups in total. The molecule has 1 fully saturated rings. The Morgan fingerprint density at radius 3 is 3.04 bits per heavy atom. The van der Waals surface area contributed by atoms with E-state index in [0.717, 1.165) is 57.9 Å². The number of carbonyl (C=O) groups is 1. The van der Waals surface area contributed by atoms with Crippen molar-refractivity contribution in [2.24, 2.45) is 0 Å². The highest BCUT2D eigenvalue weighted by Gasteiger charge is 2.25. The highest BCUT2D eigenvalue weighted by Crippen LogP contribution is 2.35. The highest BCUT2D eigenvalue weighted by atomic mass is 32.2. The first-order valence-electron chi connectivity index (χ1n) is 8.76. The molecule has 2 aliphatic rings. The van der Waals surface area contributed by atoms with Crippen LogP contribution in [0.15, 0.2) is 29.2 Å². The molecule has 0 aliphatic carbocycles. The number of thioether (sulfide) groups is 1. The van der Waals surface area contributed by atoms with E-state index >= 15 is 0 Å². The molecule has 6 heteroatoms. The Labute approximate surface area is 148 Å². The van der Waals surface area contributed by atoms with E-state index in [9.17, 15) is 4.79 Å². The van der Waals surface area contributed by atoms with E-state index in [1.807, 2.05) is 16.7 Å². The first-order chi connectivity index (χ1) is 11.8. The molecule has 0 radical (unpaired) electrons. The molecule has 0 aromatic heterocycles. The molecule has 0 spiro atoms. The Balaban J connectivity index is 1.56. The molecular weight excluding hydrogens is 322 g/mol. The summed E-state index contributed by atoms with van der Waals surface area (Å²) in [4.78, 5) is 18.4. The summed E-state index contributed by atoms with van der Waals surface area (Å²) in [5.74, 6) is 1.06. The van der Waals surface area contributed by atoms with Gasteiger partial charge in [0, 0.05) is 43.9 Å². The van der Waals surface area contributed by atoms with Crippen LogP contribution in [-0.4, -0.2) is 68.0 Å². The number of methoxy groups -OCH3 is 1. The van der Waals surface area contributed by atoms with Crippen LogP contribution in [0.3, 0.4) is 0 Å². The number of hydrogen-bond acceptors (Lipinski definition) is 4. The number of hydrogen-bond donors (Lipinski definition) is 1. The van der Waals surface area contributed by atoms with E-state index in [1.165, 1.54) is 10.5 Å². The number of benzene rings is 1. The van der Waals surface area contributed by atoms with Crippen LogP contribution >= 0.6 is 11.8 Å². The molecule has 0 bridgehead atoms. The third kappa shape index (κ3) is 4.43. The van der Waals surface area contributed by atoms with Gasteiger partial charge in [-0.15, -0.1) is 11.8 Å². The average Bonchev–Trinajstić information content (AvgIpc) is 2.86.